The lowest BCUT2D eigenvalue weighted by Crippen LogP contribution is -1.85. The van der Waals surface area contributed by atoms with E-state index >= 15 is 0 Å². The maximum absolute atomic E-state index is 5.01. The second-order valence-corrected chi connectivity index (χ2v) is 3.10. The van der Waals surface area contributed by atoms with Crippen molar-refractivity contribution in [1.29, 1.82) is 0 Å². The van der Waals surface area contributed by atoms with Gasteiger partial charge in [-0.2, -0.15) is 0 Å². The molecule has 0 aliphatic rings. The van der Waals surface area contributed by atoms with Crippen molar-refractivity contribution in [3.63, 3.8) is 0 Å². The Hall–Kier alpha value is -2.23. The summed E-state index contributed by atoms with van der Waals surface area (Å²) in [5, 5.41) is 0. The Kier molecular flexibility index (Phi) is 3.23. The summed E-state index contributed by atoms with van der Waals surface area (Å²) in [5.41, 5.74) is 1.76. The molecular weight excluding hydrogens is 202 g/mol. The van der Waals surface area contributed by atoms with Gasteiger partial charge in [0.15, 0.2) is 0 Å². The van der Waals surface area contributed by atoms with Crippen LogP contribution in [0.3, 0.4) is 0 Å². The number of methoxy groups -OCH3 is 1. The highest BCUT2D eigenvalue weighted by molar-refractivity contribution is 5.81. The van der Waals surface area contributed by atoms with Crippen LogP contribution in [0.25, 0.3) is 0 Å². The molecule has 0 atom stereocenters. The van der Waals surface area contributed by atoms with E-state index in [1.165, 1.54) is 0 Å². The van der Waals surface area contributed by atoms with E-state index in [1.54, 1.807) is 38.0 Å². The molecule has 80 valence electrons. The van der Waals surface area contributed by atoms with Gasteiger partial charge in [-0.1, -0.05) is 6.07 Å². The van der Waals surface area contributed by atoms with E-state index in [2.05, 4.69) is 15.0 Å². The topological polar surface area (TPSA) is 47.4 Å². The summed E-state index contributed by atoms with van der Waals surface area (Å²) in [6.07, 6.45) is 6.89. The molecule has 16 heavy (non-hydrogen) atoms. The van der Waals surface area contributed by atoms with Crippen LogP contribution in [0.2, 0.25) is 0 Å². The van der Waals surface area contributed by atoms with Gasteiger partial charge in [-0.25, -0.2) is 4.98 Å². The van der Waals surface area contributed by atoms with Crippen LogP contribution >= 0.6 is 0 Å². The number of rotatable bonds is 3. The zero-order chi connectivity index (χ0) is 11.2. The Morgan fingerprint density at radius 2 is 2.25 bits per heavy atom. The van der Waals surface area contributed by atoms with E-state index in [9.17, 15) is 0 Å². The summed E-state index contributed by atoms with van der Waals surface area (Å²) < 4.78 is 5.01. The summed E-state index contributed by atoms with van der Waals surface area (Å²) in [6.45, 7) is 0. The Bertz CT molecular complexity index is 483. The van der Waals surface area contributed by atoms with Gasteiger partial charge in [-0.3, -0.25) is 9.98 Å². The van der Waals surface area contributed by atoms with Gasteiger partial charge in [-0.05, 0) is 12.1 Å². The SMILES string of the molecule is COc1cc(/N=C\c2cccnc2)ccn1. The van der Waals surface area contributed by atoms with Crippen molar-refractivity contribution in [2.45, 2.75) is 0 Å². The highest BCUT2D eigenvalue weighted by Crippen LogP contribution is 2.16. The Morgan fingerprint density at radius 3 is 3.00 bits per heavy atom. The number of pyridine rings is 2. The molecule has 4 nitrogen and oxygen atoms in total. The van der Waals surface area contributed by atoms with Crippen LogP contribution in [0.4, 0.5) is 5.69 Å². The van der Waals surface area contributed by atoms with Crippen LogP contribution in [0.1, 0.15) is 5.56 Å². The van der Waals surface area contributed by atoms with Gasteiger partial charge >= 0.3 is 0 Å². The molecule has 0 saturated heterocycles. The second kappa shape index (κ2) is 5.02. The predicted molar refractivity (Wildman–Crippen MR) is 62.3 cm³/mol. The molecule has 2 aromatic heterocycles. The smallest absolute Gasteiger partial charge is 0.215 e. The van der Waals surface area contributed by atoms with Crippen molar-refractivity contribution in [2.24, 2.45) is 4.99 Å². The average Bonchev–Trinajstić information content (AvgIpc) is 2.38. The lowest BCUT2D eigenvalue weighted by molar-refractivity contribution is 0.398. The second-order valence-electron chi connectivity index (χ2n) is 3.10. The van der Waals surface area contributed by atoms with Crippen LogP contribution in [0.15, 0.2) is 47.8 Å². The van der Waals surface area contributed by atoms with Crippen LogP contribution in [-0.2, 0) is 0 Å². The maximum Gasteiger partial charge on any atom is 0.215 e. The molecule has 0 N–H and O–H groups in total. The fourth-order valence-electron chi connectivity index (χ4n) is 1.19. The Balaban J connectivity index is 2.17. The zero-order valence-corrected chi connectivity index (χ0v) is 8.87. The van der Waals surface area contributed by atoms with Crippen molar-refractivity contribution < 1.29 is 4.74 Å². The maximum atomic E-state index is 5.01. The predicted octanol–water partition coefficient (Wildman–Crippen LogP) is 2.24. The van der Waals surface area contributed by atoms with Gasteiger partial charge in [0, 0.05) is 36.4 Å². The molecule has 0 radical (unpaired) electrons. The first-order valence-electron chi connectivity index (χ1n) is 4.82. The zero-order valence-electron chi connectivity index (χ0n) is 8.87. The van der Waals surface area contributed by atoms with Crippen LogP contribution in [0, 0.1) is 0 Å². The summed E-state index contributed by atoms with van der Waals surface area (Å²) in [4.78, 5) is 12.3. The minimum absolute atomic E-state index is 0.556. The molecule has 0 aliphatic carbocycles. The first-order chi connectivity index (χ1) is 7.88. The van der Waals surface area contributed by atoms with Gasteiger partial charge in [0.25, 0.3) is 0 Å². The van der Waals surface area contributed by atoms with Crippen LogP contribution in [0.5, 0.6) is 5.88 Å². The van der Waals surface area contributed by atoms with Crippen molar-refractivity contribution in [3.05, 3.63) is 48.4 Å². The standard InChI is InChI=1S/C12H11N3O/c1-16-12-7-11(4-6-14-12)15-9-10-3-2-5-13-8-10/h2-9H,1H3/b15-9-. The molecule has 0 aliphatic heterocycles. The first kappa shape index (κ1) is 10.3. The number of aromatic nitrogens is 2. The Morgan fingerprint density at radius 1 is 1.31 bits per heavy atom. The number of hydrogen-bond acceptors (Lipinski definition) is 4. The van der Waals surface area contributed by atoms with Gasteiger partial charge in [0.05, 0.1) is 12.8 Å². The molecule has 4 heteroatoms. The summed E-state index contributed by atoms with van der Waals surface area (Å²) >= 11 is 0. The van der Waals surface area contributed by atoms with E-state index in [-0.39, 0.29) is 0 Å². The first-order valence-corrected chi connectivity index (χ1v) is 4.82. The molecule has 2 aromatic rings. The molecule has 0 bridgehead atoms. The minimum Gasteiger partial charge on any atom is -0.481 e. The van der Waals surface area contributed by atoms with Crippen LogP contribution < -0.4 is 4.74 Å². The van der Waals surface area contributed by atoms with Crippen LogP contribution in [-0.4, -0.2) is 23.3 Å². The minimum atomic E-state index is 0.556. The number of nitrogens with zero attached hydrogens (tertiary/aromatic N) is 3. The summed E-state index contributed by atoms with van der Waals surface area (Å²) in [7, 11) is 1.58. The third kappa shape index (κ3) is 2.63. The summed E-state index contributed by atoms with van der Waals surface area (Å²) in [6, 6.07) is 7.39. The van der Waals surface area contributed by atoms with E-state index in [1.807, 2.05) is 18.2 Å². The number of aliphatic imine (C=N–C) groups is 1. The molecule has 0 amide bonds. The normalized spacial score (nSPS) is 10.6. The third-order valence-electron chi connectivity index (χ3n) is 1.97. The number of hydrogen-bond donors (Lipinski definition) is 0. The number of ether oxygens (including phenoxy) is 1. The van der Waals surface area contributed by atoms with E-state index in [0.717, 1.165) is 11.3 Å². The molecule has 0 fully saturated rings. The molecule has 2 heterocycles. The van der Waals surface area contributed by atoms with E-state index in [0.29, 0.717) is 5.88 Å². The molecule has 0 saturated carbocycles. The average molecular weight is 213 g/mol. The van der Waals surface area contributed by atoms with E-state index in [4.69, 9.17) is 4.74 Å². The Labute approximate surface area is 93.7 Å². The molecular formula is C12H11N3O. The van der Waals surface area contributed by atoms with Crippen molar-refractivity contribution in [2.75, 3.05) is 7.11 Å². The van der Waals surface area contributed by atoms with Crippen molar-refractivity contribution >= 4 is 11.9 Å². The molecule has 0 aromatic carbocycles. The van der Waals surface area contributed by atoms with Gasteiger partial charge in [0.1, 0.15) is 0 Å². The quantitative estimate of drug-likeness (QED) is 0.734. The molecule has 2 rings (SSSR count). The van der Waals surface area contributed by atoms with Crippen molar-refractivity contribution in [3.8, 4) is 5.88 Å². The highest BCUT2D eigenvalue weighted by atomic mass is 16.5. The highest BCUT2D eigenvalue weighted by Gasteiger charge is 1.93. The molecule has 0 unspecified atom stereocenters. The lowest BCUT2D eigenvalue weighted by Gasteiger charge is -1.98. The van der Waals surface area contributed by atoms with Crippen molar-refractivity contribution in [1.82, 2.24) is 9.97 Å². The lowest BCUT2D eigenvalue weighted by atomic mass is 10.3. The van der Waals surface area contributed by atoms with Gasteiger partial charge in [-0.15, -0.1) is 0 Å². The van der Waals surface area contributed by atoms with Gasteiger partial charge < -0.3 is 4.74 Å². The van der Waals surface area contributed by atoms with E-state index < -0.39 is 0 Å². The van der Waals surface area contributed by atoms with Gasteiger partial charge in [0.2, 0.25) is 5.88 Å². The molecule has 0 spiro atoms. The fourth-order valence-corrected chi connectivity index (χ4v) is 1.19. The third-order valence-corrected chi connectivity index (χ3v) is 1.97. The monoisotopic (exact) mass is 213 g/mol. The summed E-state index contributed by atoms with van der Waals surface area (Å²) in [5.74, 6) is 0.556. The fraction of sp³-hybridized carbons (Fsp3) is 0.0833. The largest absolute Gasteiger partial charge is 0.481 e.